The van der Waals surface area contributed by atoms with E-state index in [0.29, 0.717) is 0 Å². The molecule has 1 atom stereocenters. The van der Waals surface area contributed by atoms with Crippen molar-refractivity contribution in [1.82, 2.24) is 0 Å². The van der Waals surface area contributed by atoms with Gasteiger partial charge in [-0.05, 0) is 48.6 Å². The first-order valence-electron chi connectivity index (χ1n) is 7.05. The molecule has 0 spiro atoms. The largest absolute Gasteiger partial charge is 0.454 e. The summed E-state index contributed by atoms with van der Waals surface area (Å²) in [6, 6.07) is 13.8. The van der Waals surface area contributed by atoms with Crippen LogP contribution < -0.4 is 9.47 Å². The second-order valence-corrected chi connectivity index (χ2v) is 5.97. The molecule has 1 aliphatic heterocycles. The number of aliphatic hydroxyl groups is 1. The van der Waals surface area contributed by atoms with Crippen LogP contribution in [0.15, 0.2) is 46.9 Å². The number of benzene rings is 2. The summed E-state index contributed by atoms with van der Waals surface area (Å²) >= 11 is 3.55. The van der Waals surface area contributed by atoms with Gasteiger partial charge in [-0.15, -0.1) is 0 Å². The molecule has 4 heteroatoms. The average molecular weight is 349 g/mol. The fraction of sp³-hybridized carbons (Fsp3) is 0.294. The monoisotopic (exact) mass is 348 g/mol. The van der Waals surface area contributed by atoms with Gasteiger partial charge >= 0.3 is 0 Å². The van der Waals surface area contributed by atoms with Crippen LogP contribution in [0.1, 0.15) is 30.1 Å². The highest BCUT2D eigenvalue weighted by Crippen LogP contribution is 2.35. The lowest BCUT2D eigenvalue weighted by atomic mass is 10.0. The maximum absolute atomic E-state index is 10.3. The van der Waals surface area contributed by atoms with Crippen LogP contribution in [-0.4, -0.2) is 11.9 Å². The van der Waals surface area contributed by atoms with Crippen molar-refractivity contribution >= 4 is 15.9 Å². The van der Waals surface area contributed by atoms with Gasteiger partial charge in [-0.1, -0.05) is 40.2 Å². The topological polar surface area (TPSA) is 38.7 Å². The van der Waals surface area contributed by atoms with Crippen LogP contribution in [0.4, 0.5) is 0 Å². The van der Waals surface area contributed by atoms with E-state index in [-0.39, 0.29) is 6.79 Å². The molecule has 0 amide bonds. The number of hydrogen-bond acceptors (Lipinski definition) is 3. The zero-order valence-corrected chi connectivity index (χ0v) is 13.2. The molecule has 0 radical (unpaired) electrons. The highest BCUT2D eigenvalue weighted by molar-refractivity contribution is 9.10. The van der Waals surface area contributed by atoms with Crippen molar-refractivity contribution in [3.63, 3.8) is 0 Å². The summed E-state index contributed by atoms with van der Waals surface area (Å²) in [5.41, 5.74) is 2.15. The predicted molar refractivity (Wildman–Crippen MR) is 84.6 cm³/mol. The van der Waals surface area contributed by atoms with Gasteiger partial charge in [0.2, 0.25) is 6.79 Å². The quantitative estimate of drug-likeness (QED) is 0.878. The Labute approximate surface area is 132 Å². The van der Waals surface area contributed by atoms with E-state index in [9.17, 15) is 5.11 Å². The second-order valence-electron chi connectivity index (χ2n) is 5.11. The molecule has 0 saturated carbocycles. The minimum atomic E-state index is -0.470. The molecule has 1 heterocycles. The Morgan fingerprint density at radius 3 is 2.76 bits per heavy atom. The Morgan fingerprint density at radius 2 is 1.90 bits per heavy atom. The second kappa shape index (κ2) is 6.50. The highest BCUT2D eigenvalue weighted by atomic mass is 79.9. The molecule has 0 saturated heterocycles. The molecule has 0 fully saturated rings. The lowest BCUT2D eigenvalue weighted by Gasteiger charge is -2.12. The smallest absolute Gasteiger partial charge is 0.231 e. The minimum absolute atomic E-state index is 0.261. The first-order chi connectivity index (χ1) is 10.2. The van der Waals surface area contributed by atoms with Crippen LogP contribution in [-0.2, 0) is 6.42 Å². The van der Waals surface area contributed by atoms with E-state index >= 15 is 0 Å². The van der Waals surface area contributed by atoms with Gasteiger partial charge < -0.3 is 14.6 Å². The van der Waals surface area contributed by atoms with Crippen molar-refractivity contribution in [3.8, 4) is 11.5 Å². The lowest BCUT2D eigenvalue weighted by Crippen LogP contribution is -1.99. The van der Waals surface area contributed by atoms with Gasteiger partial charge in [-0.25, -0.2) is 0 Å². The van der Waals surface area contributed by atoms with Gasteiger partial charge in [0.15, 0.2) is 11.5 Å². The van der Waals surface area contributed by atoms with Crippen molar-refractivity contribution in [2.75, 3.05) is 6.79 Å². The molecule has 110 valence electrons. The summed E-state index contributed by atoms with van der Waals surface area (Å²) in [5.74, 6) is 1.47. The molecule has 3 nitrogen and oxygen atoms in total. The zero-order chi connectivity index (χ0) is 14.7. The summed E-state index contributed by atoms with van der Waals surface area (Å²) in [6.45, 7) is 0.261. The van der Waals surface area contributed by atoms with Gasteiger partial charge in [0.25, 0.3) is 0 Å². The maximum atomic E-state index is 10.3. The van der Waals surface area contributed by atoms with Crippen LogP contribution in [0, 0.1) is 0 Å². The van der Waals surface area contributed by atoms with Crippen LogP contribution >= 0.6 is 15.9 Å². The van der Waals surface area contributed by atoms with E-state index in [4.69, 9.17) is 9.47 Å². The summed E-state index contributed by atoms with van der Waals surface area (Å²) in [7, 11) is 0. The van der Waals surface area contributed by atoms with Crippen molar-refractivity contribution in [1.29, 1.82) is 0 Å². The van der Waals surface area contributed by atoms with Crippen molar-refractivity contribution in [2.45, 2.75) is 25.4 Å². The molecule has 3 rings (SSSR count). The van der Waals surface area contributed by atoms with Crippen LogP contribution in [0.2, 0.25) is 0 Å². The Morgan fingerprint density at radius 1 is 1.10 bits per heavy atom. The molecule has 0 aromatic heterocycles. The number of aryl methyl sites for hydroxylation is 1. The van der Waals surface area contributed by atoms with Crippen molar-refractivity contribution in [2.24, 2.45) is 0 Å². The third-order valence-corrected chi connectivity index (χ3v) is 4.44. The van der Waals surface area contributed by atoms with E-state index in [2.05, 4.69) is 22.0 Å². The molecule has 0 bridgehead atoms. The average Bonchev–Trinajstić information content (AvgIpc) is 2.96. The van der Waals surface area contributed by atoms with Crippen LogP contribution in [0.25, 0.3) is 0 Å². The van der Waals surface area contributed by atoms with E-state index in [1.165, 1.54) is 5.56 Å². The Hall–Kier alpha value is -1.52. The summed E-state index contributed by atoms with van der Waals surface area (Å²) < 4.78 is 11.7. The van der Waals surface area contributed by atoms with Gasteiger partial charge in [0, 0.05) is 4.47 Å². The number of ether oxygens (including phenoxy) is 2. The Bertz CT molecular complexity index is 627. The van der Waals surface area contributed by atoms with Crippen LogP contribution in [0.3, 0.4) is 0 Å². The number of aliphatic hydroxyl groups excluding tert-OH is 1. The summed E-state index contributed by atoms with van der Waals surface area (Å²) in [4.78, 5) is 0. The van der Waals surface area contributed by atoms with Crippen molar-refractivity contribution < 1.29 is 14.6 Å². The normalized spacial score (nSPS) is 14.2. The predicted octanol–water partition coefficient (Wildman–Crippen LogP) is 4.23. The molecule has 2 aromatic carbocycles. The van der Waals surface area contributed by atoms with Crippen LogP contribution in [0.5, 0.6) is 11.5 Å². The Kier molecular flexibility index (Phi) is 4.46. The van der Waals surface area contributed by atoms with E-state index in [1.54, 1.807) is 0 Å². The number of fused-ring (bicyclic) bond motifs is 1. The molecule has 1 aliphatic rings. The molecule has 1 N–H and O–H groups in total. The highest BCUT2D eigenvalue weighted by Gasteiger charge is 2.16. The number of hydrogen-bond donors (Lipinski definition) is 1. The molecular weight excluding hydrogens is 332 g/mol. The molecular formula is C17H17BrO3. The van der Waals surface area contributed by atoms with Gasteiger partial charge in [0.05, 0.1) is 6.10 Å². The lowest BCUT2D eigenvalue weighted by molar-refractivity contribution is 0.163. The summed E-state index contributed by atoms with van der Waals surface area (Å²) in [5, 5.41) is 10.3. The van der Waals surface area contributed by atoms with E-state index < -0.39 is 6.10 Å². The number of halogens is 1. The number of rotatable bonds is 5. The van der Waals surface area contributed by atoms with Crippen molar-refractivity contribution in [3.05, 3.63) is 58.1 Å². The fourth-order valence-corrected chi connectivity index (χ4v) is 2.96. The SMILES string of the molecule is OC(CCCc1ccccc1Br)c1ccc2c(c1)OCO2. The third-order valence-electron chi connectivity index (χ3n) is 3.66. The molecule has 0 aliphatic carbocycles. The molecule has 21 heavy (non-hydrogen) atoms. The van der Waals surface area contributed by atoms with Gasteiger partial charge in [0.1, 0.15) is 0 Å². The van der Waals surface area contributed by atoms with Gasteiger partial charge in [-0.3, -0.25) is 0 Å². The zero-order valence-electron chi connectivity index (χ0n) is 11.6. The minimum Gasteiger partial charge on any atom is -0.454 e. The standard InChI is InChI=1S/C17H17BrO3/c18-14-6-2-1-4-12(14)5-3-7-15(19)13-8-9-16-17(10-13)21-11-20-16/h1-2,4,6,8-10,15,19H,3,5,7,11H2. The molecule has 2 aromatic rings. The van der Waals surface area contributed by atoms with E-state index in [1.807, 2.05) is 36.4 Å². The molecule has 1 unspecified atom stereocenters. The first kappa shape index (κ1) is 14.4. The third kappa shape index (κ3) is 3.39. The fourth-order valence-electron chi connectivity index (χ4n) is 2.47. The van der Waals surface area contributed by atoms with Gasteiger partial charge in [-0.2, -0.15) is 0 Å². The summed E-state index contributed by atoms with van der Waals surface area (Å²) in [6.07, 6.45) is 2.13. The maximum Gasteiger partial charge on any atom is 0.231 e. The Balaban J connectivity index is 1.57. The van der Waals surface area contributed by atoms with E-state index in [0.717, 1.165) is 40.8 Å². The first-order valence-corrected chi connectivity index (χ1v) is 7.84.